The number of fused-ring (bicyclic) bond motifs is 1. The minimum atomic E-state index is -0.204. The van der Waals surface area contributed by atoms with Crippen molar-refractivity contribution in [2.24, 2.45) is 5.73 Å². The van der Waals surface area contributed by atoms with Crippen molar-refractivity contribution in [2.75, 3.05) is 0 Å². The van der Waals surface area contributed by atoms with Gasteiger partial charge in [0.15, 0.2) is 5.16 Å². The molecule has 1 heterocycles. The Balaban J connectivity index is 1.89. The summed E-state index contributed by atoms with van der Waals surface area (Å²) < 4.78 is 0. The van der Waals surface area contributed by atoms with E-state index in [1.165, 1.54) is 21.6 Å². The van der Waals surface area contributed by atoms with Gasteiger partial charge in [0.2, 0.25) is 5.91 Å². The largest absolute Gasteiger partial charge is 0.370 e. The number of amides is 1. The fourth-order valence-electron chi connectivity index (χ4n) is 4.06. The third-order valence-corrected chi connectivity index (χ3v) is 6.44. The van der Waals surface area contributed by atoms with Crippen LogP contribution in [0.2, 0.25) is 0 Å². The minimum Gasteiger partial charge on any atom is -0.370 e. The number of imidazole rings is 1. The number of nitrogens with one attached hydrogen (secondary N) is 1. The van der Waals surface area contributed by atoms with Crippen LogP contribution in [0.25, 0.3) is 11.0 Å². The monoisotopic (exact) mass is 423 g/mol. The first kappa shape index (κ1) is 22.4. The van der Waals surface area contributed by atoms with Gasteiger partial charge in [0.1, 0.15) is 0 Å². The second-order valence-electron chi connectivity index (χ2n) is 8.54. The fraction of sp³-hybridized carbons (Fsp3) is 0.440. The van der Waals surface area contributed by atoms with Gasteiger partial charge in [-0.15, -0.1) is 0 Å². The predicted octanol–water partition coefficient (Wildman–Crippen LogP) is 6.55. The van der Waals surface area contributed by atoms with Crippen molar-refractivity contribution in [1.29, 1.82) is 0 Å². The molecule has 0 aliphatic heterocycles. The van der Waals surface area contributed by atoms with E-state index in [9.17, 15) is 4.79 Å². The van der Waals surface area contributed by atoms with Crippen molar-refractivity contribution in [3.8, 4) is 0 Å². The molecule has 30 heavy (non-hydrogen) atoms. The van der Waals surface area contributed by atoms with Gasteiger partial charge in [-0.2, -0.15) is 0 Å². The molecule has 0 fully saturated rings. The summed E-state index contributed by atoms with van der Waals surface area (Å²) in [5.74, 6) is 0.703. The van der Waals surface area contributed by atoms with Crippen LogP contribution < -0.4 is 5.73 Å². The smallest absolute Gasteiger partial charge is 0.217 e. The van der Waals surface area contributed by atoms with Crippen LogP contribution in [-0.2, 0) is 11.2 Å². The summed E-state index contributed by atoms with van der Waals surface area (Å²) in [6, 6.07) is 12.7. The predicted molar refractivity (Wildman–Crippen MR) is 126 cm³/mol. The van der Waals surface area contributed by atoms with Crippen LogP contribution in [0, 0.1) is 0 Å². The average Bonchev–Trinajstić information content (AvgIpc) is 3.09. The molecule has 0 aliphatic carbocycles. The van der Waals surface area contributed by atoms with Gasteiger partial charge in [-0.25, -0.2) is 4.98 Å². The highest BCUT2D eigenvalue weighted by Gasteiger charge is 2.19. The Morgan fingerprint density at radius 2 is 1.80 bits per heavy atom. The lowest BCUT2D eigenvalue weighted by atomic mass is 9.86. The number of para-hydroxylation sites is 2. The first-order valence-corrected chi connectivity index (χ1v) is 11.7. The van der Waals surface area contributed by atoms with Crippen LogP contribution >= 0.6 is 11.8 Å². The molecule has 3 N–H and O–H groups in total. The van der Waals surface area contributed by atoms with Gasteiger partial charge in [-0.3, -0.25) is 4.79 Å². The molecule has 0 unspecified atom stereocenters. The molecule has 0 saturated heterocycles. The van der Waals surface area contributed by atoms with Gasteiger partial charge in [0.25, 0.3) is 0 Å². The molecule has 3 aromatic rings. The number of unbranched alkanes of at least 4 members (excludes halogenated alkanes) is 2. The van der Waals surface area contributed by atoms with E-state index in [-0.39, 0.29) is 5.91 Å². The van der Waals surface area contributed by atoms with Gasteiger partial charge in [0.05, 0.1) is 11.0 Å². The average molecular weight is 424 g/mol. The molecule has 0 saturated carbocycles. The topological polar surface area (TPSA) is 71.8 Å². The molecule has 0 aliphatic rings. The Bertz CT molecular complexity index is 974. The van der Waals surface area contributed by atoms with Crippen LogP contribution in [0.5, 0.6) is 0 Å². The van der Waals surface area contributed by atoms with Crippen molar-refractivity contribution in [1.82, 2.24) is 9.97 Å². The lowest BCUT2D eigenvalue weighted by Crippen LogP contribution is -2.10. The number of H-pyrrole nitrogens is 1. The molecular formula is C25H33N3OS. The Morgan fingerprint density at radius 3 is 2.47 bits per heavy atom. The van der Waals surface area contributed by atoms with E-state index in [1.54, 1.807) is 11.8 Å². The van der Waals surface area contributed by atoms with E-state index in [0.717, 1.165) is 41.9 Å². The molecule has 0 radical (unpaired) electrons. The van der Waals surface area contributed by atoms with E-state index in [0.29, 0.717) is 18.3 Å². The lowest BCUT2D eigenvalue weighted by Gasteiger charge is -2.23. The Labute approximate surface area is 184 Å². The number of primary amides is 1. The van der Waals surface area contributed by atoms with E-state index in [2.05, 4.69) is 50.9 Å². The van der Waals surface area contributed by atoms with Crippen molar-refractivity contribution < 1.29 is 4.79 Å². The van der Waals surface area contributed by atoms with Crippen molar-refractivity contribution in [3.63, 3.8) is 0 Å². The van der Waals surface area contributed by atoms with Crippen LogP contribution in [0.4, 0.5) is 0 Å². The van der Waals surface area contributed by atoms with E-state index >= 15 is 0 Å². The number of carbonyl (C=O) groups excluding carboxylic acids is 1. The number of nitrogens with zero attached hydrogens (tertiary/aromatic N) is 1. The standard InChI is InChI=1S/C25H33N3OS/c1-16(2)18-14-15-22(30-25-27-20-11-8-9-12-21(20)28-25)24(17(3)4)19(18)10-6-5-7-13-23(26)29/h8-9,11-12,14-17H,5-7,10,13H2,1-4H3,(H2,26,29)(H,27,28). The second kappa shape index (κ2) is 10.2. The van der Waals surface area contributed by atoms with Crippen LogP contribution in [-0.4, -0.2) is 15.9 Å². The molecule has 1 amide bonds. The summed E-state index contributed by atoms with van der Waals surface area (Å²) in [5.41, 5.74) is 11.7. The number of aromatic nitrogens is 2. The van der Waals surface area contributed by atoms with Crippen LogP contribution in [0.15, 0.2) is 46.5 Å². The number of nitrogens with two attached hydrogens (primary N) is 1. The molecule has 2 aromatic carbocycles. The maximum atomic E-state index is 11.0. The van der Waals surface area contributed by atoms with Gasteiger partial charge in [-0.1, -0.05) is 64.1 Å². The molecular weight excluding hydrogens is 390 g/mol. The normalized spacial score (nSPS) is 11.7. The number of rotatable bonds is 10. The minimum absolute atomic E-state index is 0.204. The maximum Gasteiger partial charge on any atom is 0.217 e. The fourth-order valence-corrected chi connectivity index (χ4v) is 5.18. The first-order valence-electron chi connectivity index (χ1n) is 10.9. The highest BCUT2D eigenvalue weighted by Crippen LogP contribution is 2.39. The van der Waals surface area contributed by atoms with Gasteiger partial charge in [0, 0.05) is 11.3 Å². The zero-order chi connectivity index (χ0) is 21.7. The van der Waals surface area contributed by atoms with E-state index in [1.807, 2.05) is 18.2 Å². The third kappa shape index (κ3) is 5.45. The van der Waals surface area contributed by atoms with Crippen molar-refractivity contribution >= 4 is 28.7 Å². The summed E-state index contributed by atoms with van der Waals surface area (Å²) in [5, 5.41) is 0.933. The zero-order valence-corrected chi connectivity index (χ0v) is 19.3. The molecule has 4 nitrogen and oxygen atoms in total. The van der Waals surface area contributed by atoms with Crippen molar-refractivity contribution in [3.05, 3.63) is 53.1 Å². The Morgan fingerprint density at radius 1 is 1.03 bits per heavy atom. The molecule has 5 heteroatoms. The lowest BCUT2D eigenvalue weighted by molar-refractivity contribution is -0.118. The van der Waals surface area contributed by atoms with Gasteiger partial charge < -0.3 is 10.7 Å². The molecule has 3 rings (SSSR count). The highest BCUT2D eigenvalue weighted by atomic mass is 32.2. The Kier molecular flexibility index (Phi) is 7.59. The number of carbonyl (C=O) groups is 1. The molecule has 0 spiro atoms. The van der Waals surface area contributed by atoms with E-state index < -0.39 is 0 Å². The highest BCUT2D eigenvalue weighted by molar-refractivity contribution is 7.99. The molecule has 1 aromatic heterocycles. The molecule has 0 atom stereocenters. The summed E-state index contributed by atoms with van der Waals surface area (Å²) in [7, 11) is 0. The van der Waals surface area contributed by atoms with Gasteiger partial charge >= 0.3 is 0 Å². The Hall–Kier alpha value is -2.27. The number of hydrogen-bond acceptors (Lipinski definition) is 3. The molecule has 0 bridgehead atoms. The number of hydrogen-bond donors (Lipinski definition) is 2. The summed E-state index contributed by atoms with van der Waals surface area (Å²) >= 11 is 1.72. The van der Waals surface area contributed by atoms with Gasteiger partial charge in [-0.05, 0) is 66.0 Å². The first-order chi connectivity index (χ1) is 14.4. The van der Waals surface area contributed by atoms with E-state index in [4.69, 9.17) is 10.7 Å². The summed E-state index contributed by atoms with van der Waals surface area (Å²) in [4.78, 5) is 20.5. The summed E-state index contributed by atoms with van der Waals surface area (Å²) in [6.07, 6.45) is 4.49. The van der Waals surface area contributed by atoms with Crippen LogP contribution in [0.3, 0.4) is 0 Å². The van der Waals surface area contributed by atoms with Crippen LogP contribution in [0.1, 0.15) is 81.9 Å². The quantitative estimate of drug-likeness (QED) is 0.363. The summed E-state index contributed by atoms with van der Waals surface area (Å²) in [6.45, 7) is 9.08. The number of aromatic amines is 1. The number of benzene rings is 2. The molecule has 160 valence electrons. The van der Waals surface area contributed by atoms with Crippen molar-refractivity contribution in [2.45, 2.75) is 81.7 Å². The zero-order valence-electron chi connectivity index (χ0n) is 18.5. The third-order valence-electron chi connectivity index (χ3n) is 5.48. The maximum absolute atomic E-state index is 11.0. The SMILES string of the molecule is CC(C)c1ccc(Sc2nc3ccccc3[nH]2)c(C(C)C)c1CCCCCC(N)=O. The second-order valence-corrected chi connectivity index (χ2v) is 9.57.